The molecule has 3 unspecified atom stereocenters. The van der Waals surface area contributed by atoms with Crippen LogP contribution in [0.3, 0.4) is 0 Å². The molecule has 3 atom stereocenters. The Hall–Kier alpha value is -0.120. The number of methoxy groups -OCH3 is 1. The van der Waals surface area contributed by atoms with Gasteiger partial charge in [-0.1, -0.05) is 46.0 Å². The highest BCUT2D eigenvalue weighted by Crippen LogP contribution is 2.38. The van der Waals surface area contributed by atoms with Gasteiger partial charge in [0.05, 0.1) is 11.6 Å². The van der Waals surface area contributed by atoms with Crippen LogP contribution in [0.5, 0.6) is 0 Å². The summed E-state index contributed by atoms with van der Waals surface area (Å²) in [6.07, 6.45) is 9.80. The minimum absolute atomic E-state index is 0.0276. The second-order valence-electron chi connectivity index (χ2n) is 5.69. The van der Waals surface area contributed by atoms with E-state index in [-0.39, 0.29) is 5.60 Å². The first kappa shape index (κ1) is 14.9. The minimum atomic E-state index is -0.0276. The van der Waals surface area contributed by atoms with Crippen LogP contribution in [0.25, 0.3) is 0 Å². The Labute approximate surface area is 106 Å². The van der Waals surface area contributed by atoms with Crippen molar-refractivity contribution in [2.75, 3.05) is 7.11 Å². The maximum atomic E-state index is 5.89. The zero-order valence-electron chi connectivity index (χ0n) is 11.8. The van der Waals surface area contributed by atoms with Crippen LogP contribution in [0.1, 0.15) is 65.2 Å². The molecule has 3 nitrogen and oxygen atoms in total. The van der Waals surface area contributed by atoms with Crippen molar-refractivity contribution in [3.05, 3.63) is 0 Å². The smallest absolute Gasteiger partial charge is 0.0846 e. The Morgan fingerprint density at radius 1 is 1.47 bits per heavy atom. The van der Waals surface area contributed by atoms with Crippen LogP contribution >= 0.6 is 0 Å². The van der Waals surface area contributed by atoms with Crippen molar-refractivity contribution in [1.82, 2.24) is 5.43 Å². The highest BCUT2D eigenvalue weighted by Gasteiger charge is 2.41. The highest BCUT2D eigenvalue weighted by atomic mass is 16.5. The summed E-state index contributed by atoms with van der Waals surface area (Å²) in [5.41, 5.74) is 2.99. The van der Waals surface area contributed by atoms with Crippen molar-refractivity contribution >= 4 is 0 Å². The number of hydrogen-bond acceptors (Lipinski definition) is 3. The molecule has 0 aromatic heterocycles. The van der Waals surface area contributed by atoms with Gasteiger partial charge in [0.1, 0.15) is 0 Å². The fraction of sp³-hybridized carbons (Fsp3) is 1.00. The number of unbranched alkanes of at least 4 members (excludes halogenated alkanes) is 2. The summed E-state index contributed by atoms with van der Waals surface area (Å²) in [7, 11) is 1.85. The highest BCUT2D eigenvalue weighted by molar-refractivity contribution is 4.96. The van der Waals surface area contributed by atoms with Crippen LogP contribution in [0, 0.1) is 5.92 Å². The van der Waals surface area contributed by atoms with Gasteiger partial charge in [0.25, 0.3) is 0 Å². The molecule has 0 heterocycles. The second-order valence-corrected chi connectivity index (χ2v) is 5.69. The second kappa shape index (κ2) is 7.34. The lowest BCUT2D eigenvalue weighted by molar-refractivity contribution is -0.0814. The number of hydrazine groups is 1. The van der Waals surface area contributed by atoms with E-state index in [0.717, 1.165) is 25.2 Å². The number of nitrogens with two attached hydrogens (primary N) is 1. The predicted octanol–water partition coefficient (Wildman–Crippen LogP) is 2.99. The molecule has 0 aliphatic heterocycles. The summed E-state index contributed by atoms with van der Waals surface area (Å²) in [6.45, 7) is 4.56. The number of ether oxygens (including phenoxy) is 1. The van der Waals surface area contributed by atoms with Crippen LogP contribution in [0.15, 0.2) is 0 Å². The van der Waals surface area contributed by atoms with Gasteiger partial charge in [0.2, 0.25) is 0 Å². The molecule has 0 bridgehead atoms. The average molecular weight is 242 g/mol. The Morgan fingerprint density at radius 3 is 2.76 bits per heavy atom. The fourth-order valence-corrected chi connectivity index (χ4v) is 3.28. The third-order valence-electron chi connectivity index (χ3n) is 4.33. The van der Waals surface area contributed by atoms with E-state index in [9.17, 15) is 0 Å². The summed E-state index contributed by atoms with van der Waals surface area (Å²) in [6, 6.07) is 0.307. The Morgan fingerprint density at radius 2 is 2.24 bits per heavy atom. The first-order valence-corrected chi connectivity index (χ1v) is 7.19. The van der Waals surface area contributed by atoms with E-state index in [4.69, 9.17) is 10.6 Å². The van der Waals surface area contributed by atoms with E-state index in [0.29, 0.717) is 6.04 Å². The minimum Gasteiger partial charge on any atom is -0.377 e. The predicted molar refractivity (Wildman–Crippen MR) is 72.6 cm³/mol. The van der Waals surface area contributed by atoms with E-state index in [2.05, 4.69) is 19.3 Å². The van der Waals surface area contributed by atoms with Gasteiger partial charge < -0.3 is 4.74 Å². The standard InChI is InChI=1S/C14H30N2O/c1-4-5-6-9-13(16-15)14(17-3)10-7-8-12(2)11-14/h12-13,16H,4-11,15H2,1-3H3. The van der Waals surface area contributed by atoms with E-state index < -0.39 is 0 Å². The number of hydrogen-bond donors (Lipinski definition) is 2. The van der Waals surface area contributed by atoms with Gasteiger partial charge in [-0.05, 0) is 25.2 Å². The van der Waals surface area contributed by atoms with Crippen molar-refractivity contribution < 1.29 is 4.74 Å². The third kappa shape index (κ3) is 3.94. The van der Waals surface area contributed by atoms with Gasteiger partial charge >= 0.3 is 0 Å². The molecule has 17 heavy (non-hydrogen) atoms. The first-order valence-electron chi connectivity index (χ1n) is 7.19. The SMILES string of the molecule is CCCCCC(NN)C1(OC)CCCC(C)C1. The summed E-state index contributed by atoms with van der Waals surface area (Å²) in [5.74, 6) is 6.52. The van der Waals surface area contributed by atoms with Gasteiger partial charge in [-0.25, -0.2) is 0 Å². The molecular formula is C14H30N2O. The zero-order chi connectivity index (χ0) is 12.7. The van der Waals surface area contributed by atoms with Gasteiger partial charge in [0, 0.05) is 7.11 Å². The Bertz CT molecular complexity index is 210. The van der Waals surface area contributed by atoms with Crippen LogP contribution in [0.2, 0.25) is 0 Å². The molecule has 1 rings (SSSR count). The van der Waals surface area contributed by atoms with Crippen LogP contribution < -0.4 is 11.3 Å². The van der Waals surface area contributed by atoms with Gasteiger partial charge in [0.15, 0.2) is 0 Å². The fourth-order valence-electron chi connectivity index (χ4n) is 3.28. The van der Waals surface area contributed by atoms with Gasteiger partial charge in [-0.2, -0.15) is 0 Å². The maximum Gasteiger partial charge on any atom is 0.0846 e. The molecule has 1 saturated carbocycles. The molecule has 3 heteroatoms. The summed E-state index contributed by atoms with van der Waals surface area (Å²) in [5, 5.41) is 0. The third-order valence-corrected chi connectivity index (χ3v) is 4.33. The molecular weight excluding hydrogens is 212 g/mol. The molecule has 0 aromatic carbocycles. The Balaban J connectivity index is 2.60. The summed E-state index contributed by atoms with van der Waals surface area (Å²) < 4.78 is 5.89. The largest absolute Gasteiger partial charge is 0.377 e. The molecule has 0 spiro atoms. The molecule has 1 aliphatic carbocycles. The van der Waals surface area contributed by atoms with Crippen LogP contribution in [-0.4, -0.2) is 18.8 Å². The van der Waals surface area contributed by atoms with Gasteiger partial charge in [-0.3, -0.25) is 11.3 Å². The monoisotopic (exact) mass is 242 g/mol. The van der Waals surface area contributed by atoms with Gasteiger partial charge in [-0.15, -0.1) is 0 Å². The molecule has 0 saturated heterocycles. The van der Waals surface area contributed by atoms with Crippen LogP contribution in [0.4, 0.5) is 0 Å². The normalized spacial score (nSPS) is 31.4. The van der Waals surface area contributed by atoms with Crippen molar-refractivity contribution in [2.24, 2.45) is 11.8 Å². The molecule has 0 amide bonds. The molecule has 1 aliphatic rings. The number of rotatable bonds is 7. The van der Waals surface area contributed by atoms with Crippen molar-refractivity contribution in [3.8, 4) is 0 Å². The molecule has 3 N–H and O–H groups in total. The quantitative estimate of drug-likeness (QED) is 0.410. The maximum absolute atomic E-state index is 5.89. The lowest BCUT2D eigenvalue weighted by Crippen LogP contribution is -2.56. The molecule has 1 fully saturated rings. The zero-order valence-corrected chi connectivity index (χ0v) is 11.8. The van der Waals surface area contributed by atoms with Crippen molar-refractivity contribution in [1.29, 1.82) is 0 Å². The average Bonchev–Trinajstić information content (AvgIpc) is 2.34. The first-order chi connectivity index (χ1) is 8.18. The molecule has 0 aromatic rings. The van der Waals surface area contributed by atoms with Crippen molar-refractivity contribution in [2.45, 2.75) is 76.9 Å². The van der Waals surface area contributed by atoms with E-state index in [1.54, 1.807) is 0 Å². The van der Waals surface area contributed by atoms with E-state index >= 15 is 0 Å². The topological polar surface area (TPSA) is 47.3 Å². The van der Waals surface area contributed by atoms with Crippen LogP contribution in [-0.2, 0) is 4.74 Å². The van der Waals surface area contributed by atoms with E-state index in [1.165, 1.54) is 32.1 Å². The number of nitrogens with one attached hydrogen (secondary N) is 1. The molecule has 102 valence electrons. The summed E-state index contributed by atoms with van der Waals surface area (Å²) >= 11 is 0. The lowest BCUT2D eigenvalue weighted by atomic mass is 9.73. The lowest BCUT2D eigenvalue weighted by Gasteiger charge is -2.44. The molecule has 0 radical (unpaired) electrons. The van der Waals surface area contributed by atoms with Crippen molar-refractivity contribution in [3.63, 3.8) is 0 Å². The Kier molecular flexibility index (Phi) is 6.45. The summed E-state index contributed by atoms with van der Waals surface area (Å²) in [4.78, 5) is 0. The van der Waals surface area contributed by atoms with E-state index in [1.807, 2.05) is 7.11 Å².